The highest BCUT2D eigenvalue weighted by atomic mass is 35.5. The first-order valence-corrected chi connectivity index (χ1v) is 18.9. The van der Waals surface area contributed by atoms with Crippen LogP contribution in [0.1, 0.15) is 15.9 Å². The lowest BCUT2D eigenvalue weighted by atomic mass is 9.99. The molecule has 1 fully saturated rings. The van der Waals surface area contributed by atoms with Crippen LogP contribution in [-0.2, 0) is 16.6 Å². The van der Waals surface area contributed by atoms with E-state index in [1.54, 1.807) is 30.0 Å². The minimum absolute atomic E-state index is 0.0761. The van der Waals surface area contributed by atoms with Gasteiger partial charge in [0.1, 0.15) is 0 Å². The monoisotopic (exact) mass is 711 g/mol. The summed E-state index contributed by atoms with van der Waals surface area (Å²) in [5.41, 5.74) is 12.0. The fourth-order valence-electron chi connectivity index (χ4n) is 5.78. The molecule has 11 heteroatoms. The number of carbonyl (C=O) groups excluding carboxylic acids is 1. The molecule has 6 rings (SSSR count). The Kier molecular flexibility index (Phi) is 11.1. The van der Waals surface area contributed by atoms with E-state index in [1.807, 2.05) is 42.5 Å². The van der Waals surface area contributed by atoms with Gasteiger partial charge in [-0.2, -0.15) is 0 Å². The van der Waals surface area contributed by atoms with E-state index in [4.69, 9.17) is 17.3 Å². The lowest BCUT2D eigenvalue weighted by molar-refractivity contribution is 0.0981. The summed E-state index contributed by atoms with van der Waals surface area (Å²) in [6.45, 7) is 4.94. The van der Waals surface area contributed by atoms with Crippen LogP contribution in [0.3, 0.4) is 0 Å². The van der Waals surface area contributed by atoms with Gasteiger partial charge >= 0.3 is 0 Å². The van der Waals surface area contributed by atoms with Gasteiger partial charge in [0.05, 0.1) is 16.3 Å². The number of nitrogens with one attached hydrogen (secondary N) is 2. The highest BCUT2D eigenvalue weighted by Crippen LogP contribution is 2.28. The maximum atomic E-state index is 13.1. The van der Waals surface area contributed by atoms with Crippen LogP contribution in [0.25, 0.3) is 11.1 Å². The normalized spacial score (nSPS) is 13.6. The Labute approximate surface area is 297 Å². The SMILES string of the molecule is Nc1cc(S(=O)(=O)NC(=O)c2ccc(N3CCN(Cc4ccccc4-c4ccc(Cl)cc4)CC3)cc2)ccc1NCCSc1ccccc1. The van der Waals surface area contributed by atoms with Gasteiger partial charge in [-0.05, 0) is 83.4 Å². The summed E-state index contributed by atoms with van der Waals surface area (Å²) in [4.78, 5) is 18.8. The number of anilines is 3. The van der Waals surface area contributed by atoms with Gasteiger partial charge in [0.25, 0.3) is 15.9 Å². The van der Waals surface area contributed by atoms with Crippen molar-refractivity contribution in [3.63, 3.8) is 0 Å². The summed E-state index contributed by atoms with van der Waals surface area (Å²) >= 11 is 7.82. The van der Waals surface area contributed by atoms with E-state index in [0.717, 1.165) is 54.8 Å². The molecule has 0 radical (unpaired) electrons. The number of piperazine rings is 1. The Morgan fingerprint density at radius 2 is 1.51 bits per heavy atom. The number of thioether (sulfide) groups is 1. The number of halogens is 1. The molecule has 1 aliphatic heterocycles. The van der Waals surface area contributed by atoms with E-state index >= 15 is 0 Å². The van der Waals surface area contributed by atoms with E-state index in [2.05, 4.69) is 68.4 Å². The van der Waals surface area contributed by atoms with Crippen LogP contribution in [0.2, 0.25) is 5.02 Å². The van der Waals surface area contributed by atoms with E-state index < -0.39 is 15.9 Å². The Hall–Kier alpha value is -4.48. The molecule has 1 heterocycles. The number of sulfonamides is 1. The highest BCUT2D eigenvalue weighted by molar-refractivity contribution is 7.99. The van der Waals surface area contributed by atoms with Crippen molar-refractivity contribution in [1.29, 1.82) is 0 Å². The highest BCUT2D eigenvalue weighted by Gasteiger charge is 2.22. The van der Waals surface area contributed by atoms with Crippen molar-refractivity contribution in [3.8, 4) is 11.1 Å². The van der Waals surface area contributed by atoms with Gasteiger partial charge in [0.2, 0.25) is 0 Å². The fraction of sp³-hybridized carbons (Fsp3) is 0.184. The largest absolute Gasteiger partial charge is 0.397 e. The molecular formula is C38H38ClN5O3S2. The van der Waals surface area contributed by atoms with Gasteiger partial charge < -0.3 is 16.0 Å². The Bertz CT molecular complexity index is 1990. The zero-order valence-electron chi connectivity index (χ0n) is 26.9. The van der Waals surface area contributed by atoms with Crippen molar-refractivity contribution >= 4 is 56.4 Å². The first-order valence-electron chi connectivity index (χ1n) is 16.0. The molecule has 1 amide bonds. The number of nitrogens with zero attached hydrogens (tertiary/aromatic N) is 2. The first-order chi connectivity index (χ1) is 23.7. The van der Waals surface area contributed by atoms with E-state index in [1.165, 1.54) is 28.2 Å². The molecule has 0 bridgehead atoms. The first kappa shape index (κ1) is 34.4. The number of nitrogen functional groups attached to an aromatic ring is 1. The van der Waals surface area contributed by atoms with Crippen LogP contribution >= 0.6 is 23.4 Å². The molecule has 0 atom stereocenters. The Morgan fingerprint density at radius 1 is 0.816 bits per heavy atom. The summed E-state index contributed by atoms with van der Waals surface area (Å²) in [6.07, 6.45) is 0. The number of hydrogen-bond acceptors (Lipinski definition) is 8. The Morgan fingerprint density at radius 3 is 2.22 bits per heavy atom. The number of carbonyl (C=O) groups is 1. The van der Waals surface area contributed by atoms with Crippen LogP contribution in [0, 0.1) is 0 Å². The van der Waals surface area contributed by atoms with Crippen molar-refractivity contribution in [1.82, 2.24) is 9.62 Å². The fourth-order valence-corrected chi connectivity index (χ4v) is 7.70. The van der Waals surface area contributed by atoms with Crippen molar-refractivity contribution in [2.24, 2.45) is 0 Å². The number of hydrogen-bond donors (Lipinski definition) is 3. The molecule has 0 saturated carbocycles. The number of rotatable bonds is 12. The standard InChI is InChI=1S/C38H38ClN5O3S2/c39-31-14-10-28(11-15-31)35-9-5-4-6-30(35)27-43-21-23-44(24-22-43)32-16-12-29(13-17-32)38(45)42-49(46,47)34-18-19-37(36(40)26-34)41-20-25-48-33-7-2-1-3-8-33/h1-19,26,41H,20-25,27,40H2,(H,42,45). The molecule has 0 unspecified atom stereocenters. The van der Waals surface area contributed by atoms with Crippen LogP contribution in [0.15, 0.2) is 131 Å². The van der Waals surface area contributed by atoms with E-state index in [9.17, 15) is 13.2 Å². The zero-order valence-corrected chi connectivity index (χ0v) is 29.3. The lowest BCUT2D eigenvalue weighted by Gasteiger charge is -2.36. The van der Waals surface area contributed by atoms with E-state index in [0.29, 0.717) is 12.2 Å². The van der Waals surface area contributed by atoms with E-state index in [-0.39, 0.29) is 16.1 Å². The van der Waals surface area contributed by atoms with Crippen LogP contribution in [-0.4, -0.2) is 57.7 Å². The summed E-state index contributed by atoms with van der Waals surface area (Å²) in [5, 5.41) is 3.97. The minimum atomic E-state index is -4.13. The third kappa shape index (κ3) is 8.96. The quantitative estimate of drug-likeness (QED) is 0.0707. The molecule has 1 saturated heterocycles. The molecule has 0 aliphatic carbocycles. The summed E-state index contributed by atoms with van der Waals surface area (Å²) in [6, 6.07) is 37.9. The smallest absolute Gasteiger partial charge is 0.264 e. The predicted molar refractivity (Wildman–Crippen MR) is 202 cm³/mol. The number of amides is 1. The molecule has 49 heavy (non-hydrogen) atoms. The molecule has 0 aromatic heterocycles. The minimum Gasteiger partial charge on any atom is -0.397 e. The summed E-state index contributed by atoms with van der Waals surface area (Å²) < 4.78 is 28.3. The third-order valence-corrected chi connectivity index (χ3v) is 11.0. The van der Waals surface area contributed by atoms with Gasteiger partial charge in [0, 0.05) is 66.2 Å². The van der Waals surface area contributed by atoms with Gasteiger partial charge in [-0.3, -0.25) is 9.69 Å². The van der Waals surface area contributed by atoms with Gasteiger partial charge in [-0.15, -0.1) is 11.8 Å². The summed E-state index contributed by atoms with van der Waals surface area (Å²) in [7, 11) is -4.13. The molecule has 0 spiro atoms. The molecule has 5 aromatic rings. The van der Waals surface area contributed by atoms with Crippen molar-refractivity contribution < 1.29 is 13.2 Å². The van der Waals surface area contributed by atoms with Crippen molar-refractivity contribution in [2.75, 3.05) is 54.4 Å². The predicted octanol–water partition coefficient (Wildman–Crippen LogP) is 7.23. The topological polar surface area (TPSA) is 108 Å². The molecular weight excluding hydrogens is 674 g/mol. The second-order valence-corrected chi connectivity index (χ2v) is 15.0. The lowest BCUT2D eigenvalue weighted by Crippen LogP contribution is -2.46. The molecule has 4 N–H and O–H groups in total. The zero-order chi connectivity index (χ0) is 34.2. The third-order valence-electron chi connectivity index (χ3n) is 8.42. The molecule has 252 valence electrons. The average Bonchev–Trinajstić information content (AvgIpc) is 3.12. The van der Waals surface area contributed by atoms with Crippen molar-refractivity contribution in [2.45, 2.75) is 16.3 Å². The molecule has 1 aliphatic rings. The van der Waals surface area contributed by atoms with Gasteiger partial charge in [-0.1, -0.05) is 66.2 Å². The molecule has 8 nitrogen and oxygen atoms in total. The number of benzene rings is 5. The Balaban J connectivity index is 0.996. The maximum absolute atomic E-state index is 13.1. The van der Waals surface area contributed by atoms with Gasteiger partial charge in [0.15, 0.2) is 0 Å². The van der Waals surface area contributed by atoms with Crippen LogP contribution in [0.5, 0.6) is 0 Å². The second kappa shape index (κ2) is 15.8. The maximum Gasteiger partial charge on any atom is 0.264 e. The summed E-state index contributed by atoms with van der Waals surface area (Å²) in [5.74, 6) is 0.115. The number of nitrogens with two attached hydrogens (primary N) is 1. The average molecular weight is 712 g/mol. The molecule has 5 aromatic carbocycles. The van der Waals surface area contributed by atoms with Crippen LogP contribution < -0.4 is 20.7 Å². The second-order valence-electron chi connectivity index (χ2n) is 11.7. The van der Waals surface area contributed by atoms with Crippen molar-refractivity contribution in [3.05, 3.63) is 137 Å². The van der Waals surface area contributed by atoms with Gasteiger partial charge in [-0.25, -0.2) is 13.1 Å². The van der Waals surface area contributed by atoms with Crippen LogP contribution in [0.4, 0.5) is 17.1 Å².